The lowest BCUT2D eigenvalue weighted by atomic mass is 10.1. The lowest BCUT2D eigenvalue weighted by Gasteiger charge is -2.23. The molecule has 0 N–H and O–H groups in total. The van der Waals surface area contributed by atoms with Crippen LogP contribution in [0.2, 0.25) is 0 Å². The Balaban J connectivity index is 2.08. The molecule has 1 aliphatic rings. The van der Waals surface area contributed by atoms with Crippen molar-refractivity contribution in [1.82, 2.24) is 4.90 Å². The number of ether oxygens (including phenoxy) is 3. The highest BCUT2D eigenvalue weighted by atomic mass is 16.5. The van der Waals surface area contributed by atoms with Gasteiger partial charge in [0.2, 0.25) is 0 Å². The minimum absolute atomic E-state index is 0.115. The first-order chi connectivity index (χ1) is 10.2. The minimum Gasteiger partial charge on any atom is -0.493 e. The first kappa shape index (κ1) is 15.6. The zero-order valence-electron chi connectivity index (χ0n) is 12.9. The molecule has 1 saturated heterocycles. The topological polar surface area (TPSA) is 48.0 Å². The Kier molecular flexibility index (Phi) is 5.44. The van der Waals surface area contributed by atoms with Gasteiger partial charge in [-0.3, -0.25) is 9.69 Å². The molecule has 21 heavy (non-hydrogen) atoms. The Morgan fingerprint density at radius 3 is 2.71 bits per heavy atom. The Morgan fingerprint density at radius 1 is 1.29 bits per heavy atom. The quantitative estimate of drug-likeness (QED) is 0.753. The normalized spacial score (nSPS) is 18.5. The molecule has 1 aromatic rings. The summed E-state index contributed by atoms with van der Waals surface area (Å²) < 4.78 is 15.7. The van der Waals surface area contributed by atoms with Gasteiger partial charge in [-0.15, -0.1) is 0 Å². The van der Waals surface area contributed by atoms with E-state index in [1.807, 2.05) is 25.1 Å². The van der Waals surface area contributed by atoms with Gasteiger partial charge in [-0.2, -0.15) is 0 Å². The summed E-state index contributed by atoms with van der Waals surface area (Å²) in [6, 6.07) is 5.73. The molecule has 5 heteroatoms. The van der Waals surface area contributed by atoms with Crippen molar-refractivity contribution in [2.75, 3.05) is 27.4 Å². The van der Waals surface area contributed by atoms with Gasteiger partial charge in [0.15, 0.2) is 11.5 Å². The Labute approximate surface area is 125 Å². The van der Waals surface area contributed by atoms with Gasteiger partial charge in [0.1, 0.15) is 6.04 Å². The number of carbonyl (C=O) groups is 1. The average molecular weight is 293 g/mol. The third kappa shape index (κ3) is 3.67. The maximum absolute atomic E-state index is 12.0. The van der Waals surface area contributed by atoms with Crippen LogP contribution in [0.4, 0.5) is 0 Å². The van der Waals surface area contributed by atoms with Crippen LogP contribution in [0.5, 0.6) is 11.5 Å². The van der Waals surface area contributed by atoms with Crippen molar-refractivity contribution in [2.45, 2.75) is 32.4 Å². The molecule has 0 spiro atoms. The summed E-state index contributed by atoms with van der Waals surface area (Å²) in [6.45, 7) is 3.90. The van der Waals surface area contributed by atoms with Gasteiger partial charge in [0, 0.05) is 6.54 Å². The van der Waals surface area contributed by atoms with E-state index in [1.54, 1.807) is 14.2 Å². The fourth-order valence-electron chi connectivity index (χ4n) is 2.73. The molecular weight excluding hydrogens is 270 g/mol. The van der Waals surface area contributed by atoms with E-state index in [0.717, 1.165) is 24.9 Å². The van der Waals surface area contributed by atoms with Gasteiger partial charge >= 0.3 is 5.97 Å². The Hall–Kier alpha value is -1.75. The maximum Gasteiger partial charge on any atom is 0.323 e. The van der Waals surface area contributed by atoms with Crippen LogP contribution in [0.15, 0.2) is 18.2 Å². The number of esters is 1. The van der Waals surface area contributed by atoms with E-state index in [9.17, 15) is 4.79 Å². The molecule has 0 amide bonds. The van der Waals surface area contributed by atoms with E-state index in [-0.39, 0.29) is 12.0 Å². The van der Waals surface area contributed by atoms with Gasteiger partial charge in [-0.05, 0) is 44.0 Å². The van der Waals surface area contributed by atoms with Crippen molar-refractivity contribution < 1.29 is 19.0 Å². The second-order valence-corrected chi connectivity index (χ2v) is 5.07. The highest BCUT2D eigenvalue weighted by molar-refractivity contribution is 5.76. The molecule has 0 saturated carbocycles. The molecule has 0 aliphatic carbocycles. The number of hydrogen-bond acceptors (Lipinski definition) is 5. The van der Waals surface area contributed by atoms with E-state index in [1.165, 1.54) is 0 Å². The number of likely N-dealkylation sites (tertiary alicyclic amines) is 1. The largest absolute Gasteiger partial charge is 0.493 e. The van der Waals surface area contributed by atoms with E-state index in [0.29, 0.717) is 24.7 Å². The molecule has 0 radical (unpaired) electrons. The second-order valence-electron chi connectivity index (χ2n) is 5.07. The van der Waals surface area contributed by atoms with E-state index < -0.39 is 0 Å². The summed E-state index contributed by atoms with van der Waals surface area (Å²) in [5, 5.41) is 0. The van der Waals surface area contributed by atoms with Crippen LogP contribution >= 0.6 is 0 Å². The van der Waals surface area contributed by atoms with Crippen molar-refractivity contribution in [3.05, 3.63) is 23.8 Å². The predicted octanol–water partition coefficient (Wildman–Crippen LogP) is 2.23. The summed E-state index contributed by atoms with van der Waals surface area (Å²) in [5.74, 6) is 1.31. The number of nitrogens with zero attached hydrogens (tertiary/aromatic N) is 1. The van der Waals surface area contributed by atoms with Crippen molar-refractivity contribution in [3.8, 4) is 11.5 Å². The predicted molar refractivity (Wildman–Crippen MR) is 79.6 cm³/mol. The van der Waals surface area contributed by atoms with Crippen molar-refractivity contribution >= 4 is 5.97 Å². The van der Waals surface area contributed by atoms with Crippen LogP contribution in [-0.4, -0.2) is 44.3 Å². The monoisotopic (exact) mass is 293 g/mol. The highest BCUT2D eigenvalue weighted by Crippen LogP contribution is 2.29. The molecular formula is C16H23NO4. The highest BCUT2D eigenvalue weighted by Gasteiger charge is 2.31. The minimum atomic E-state index is -0.127. The Bertz CT molecular complexity index is 489. The lowest BCUT2D eigenvalue weighted by Crippen LogP contribution is -2.36. The summed E-state index contributed by atoms with van der Waals surface area (Å²) in [4.78, 5) is 14.1. The van der Waals surface area contributed by atoms with Gasteiger partial charge in [0.05, 0.1) is 20.8 Å². The van der Waals surface area contributed by atoms with E-state index in [2.05, 4.69) is 4.90 Å². The van der Waals surface area contributed by atoms with Crippen LogP contribution in [0.1, 0.15) is 25.3 Å². The van der Waals surface area contributed by atoms with Crippen LogP contribution in [0.25, 0.3) is 0 Å². The smallest absolute Gasteiger partial charge is 0.323 e. The Morgan fingerprint density at radius 2 is 2.05 bits per heavy atom. The van der Waals surface area contributed by atoms with Crippen molar-refractivity contribution in [3.63, 3.8) is 0 Å². The zero-order chi connectivity index (χ0) is 15.2. The van der Waals surface area contributed by atoms with Crippen LogP contribution in [-0.2, 0) is 16.1 Å². The number of hydrogen-bond donors (Lipinski definition) is 0. The first-order valence-electron chi connectivity index (χ1n) is 7.31. The number of carbonyl (C=O) groups excluding carboxylic acids is 1. The molecule has 1 atom stereocenters. The molecule has 1 unspecified atom stereocenters. The van der Waals surface area contributed by atoms with Crippen LogP contribution in [0.3, 0.4) is 0 Å². The first-order valence-corrected chi connectivity index (χ1v) is 7.31. The third-order valence-electron chi connectivity index (χ3n) is 3.76. The van der Waals surface area contributed by atoms with Gasteiger partial charge in [0.25, 0.3) is 0 Å². The molecule has 1 heterocycles. The van der Waals surface area contributed by atoms with Gasteiger partial charge < -0.3 is 14.2 Å². The molecule has 1 fully saturated rings. The van der Waals surface area contributed by atoms with Crippen LogP contribution in [0, 0.1) is 0 Å². The number of rotatable bonds is 6. The van der Waals surface area contributed by atoms with Crippen LogP contribution < -0.4 is 9.47 Å². The fraction of sp³-hybridized carbons (Fsp3) is 0.562. The maximum atomic E-state index is 12.0. The van der Waals surface area contributed by atoms with Gasteiger partial charge in [-0.25, -0.2) is 0 Å². The summed E-state index contributed by atoms with van der Waals surface area (Å²) in [5.41, 5.74) is 1.10. The lowest BCUT2D eigenvalue weighted by molar-refractivity contribution is -0.148. The SMILES string of the molecule is CCOC(=O)C1CCCN1Cc1ccc(OC)c(OC)c1. The molecule has 1 aromatic carbocycles. The second kappa shape index (κ2) is 7.31. The summed E-state index contributed by atoms with van der Waals surface area (Å²) >= 11 is 0. The van der Waals surface area contributed by atoms with E-state index >= 15 is 0 Å². The molecule has 2 rings (SSSR count). The standard InChI is InChI=1S/C16H23NO4/c1-4-21-16(18)13-6-5-9-17(13)11-12-7-8-14(19-2)15(10-12)20-3/h7-8,10,13H,4-6,9,11H2,1-3H3. The summed E-state index contributed by atoms with van der Waals surface area (Å²) in [7, 11) is 3.24. The molecule has 0 aromatic heterocycles. The van der Waals surface area contributed by atoms with E-state index in [4.69, 9.17) is 14.2 Å². The van der Waals surface area contributed by atoms with Crippen molar-refractivity contribution in [2.24, 2.45) is 0 Å². The molecule has 116 valence electrons. The number of benzene rings is 1. The third-order valence-corrected chi connectivity index (χ3v) is 3.76. The van der Waals surface area contributed by atoms with Crippen molar-refractivity contribution in [1.29, 1.82) is 0 Å². The van der Waals surface area contributed by atoms with Gasteiger partial charge in [-0.1, -0.05) is 6.07 Å². The average Bonchev–Trinajstić information content (AvgIpc) is 2.95. The molecule has 0 bridgehead atoms. The molecule has 5 nitrogen and oxygen atoms in total. The zero-order valence-corrected chi connectivity index (χ0v) is 12.9. The number of methoxy groups -OCH3 is 2. The summed E-state index contributed by atoms with van der Waals surface area (Å²) in [6.07, 6.45) is 1.89. The molecule has 1 aliphatic heterocycles. The fourth-order valence-corrected chi connectivity index (χ4v) is 2.73.